The number of hydrogen-bond donors (Lipinski definition) is 0. The van der Waals surface area contributed by atoms with Crippen LogP contribution < -0.4 is 4.74 Å². The molecule has 106 valence electrons. The Hall–Kier alpha value is -1.90. The van der Waals surface area contributed by atoms with Gasteiger partial charge >= 0.3 is 6.36 Å². The highest BCUT2D eigenvalue weighted by atomic mass is 79.9. The van der Waals surface area contributed by atoms with Crippen LogP contribution in [0.4, 0.5) is 13.2 Å². The maximum Gasteiger partial charge on any atom is 0.573 e. The molecule has 0 fully saturated rings. The maximum absolute atomic E-state index is 12.2. The van der Waals surface area contributed by atoms with E-state index in [1.165, 1.54) is 23.9 Å². The van der Waals surface area contributed by atoms with Gasteiger partial charge in [0.2, 0.25) is 5.78 Å². The fraction of sp³-hybridized carbons (Fsp3) is 0.182. The number of halogens is 4. The van der Waals surface area contributed by atoms with Gasteiger partial charge in [-0.15, -0.1) is 18.3 Å². The number of rotatable bonds is 3. The Labute approximate surface area is 119 Å². The summed E-state index contributed by atoms with van der Waals surface area (Å²) in [6.45, 7) is 0. The van der Waals surface area contributed by atoms with E-state index >= 15 is 0 Å². The number of carbonyl (C=O) groups excluding carboxylic acids is 1. The molecule has 0 aliphatic carbocycles. The number of aromatic nitrogens is 3. The molecular formula is C11H7BrF3N3O2. The monoisotopic (exact) mass is 349 g/mol. The first kappa shape index (κ1) is 14.5. The van der Waals surface area contributed by atoms with Crippen molar-refractivity contribution in [3.05, 3.63) is 40.1 Å². The standard InChI is InChI=1S/C11H7BrF3N3O2/c1-18-8(10(12)16-17-18)9(19)6-2-4-7(5-3-6)20-11(13,14)15/h2-5H,1H3. The molecule has 0 aliphatic rings. The SMILES string of the molecule is Cn1nnc(Br)c1C(=O)c1ccc(OC(F)(F)F)cc1. The Bertz CT molecular complexity index is 618. The third-order valence-corrected chi connectivity index (χ3v) is 2.89. The van der Waals surface area contributed by atoms with Gasteiger partial charge in [-0.05, 0) is 40.2 Å². The van der Waals surface area contributed by atoms with E-state index in [1.54, 1.807) is 0 Å². The number of carbonyl (C=O) groups is 1. The number of alkyl halides is 3. The summed E-state index contributed by atoms with van der Waals surface area (Å²) < 4.78 is 41.3. The minimum atomic E-state index is -4.76. The van der Waals surface area contributed by atoms with Gasteiger partial charge in [0.15, 0.2) is 4.60 Å². The molecule has 9 heteroatoms. The topological polar surface area (TPSA) is 57.0 Å². The zero-order chi connectivity index (χ0) is 14.9. The first-order valence-electron chi connectivity index (χ1n) is 5.23. The van der Waals surface area contributed by atoms with Crippen molar-refractivity contribution in [3.8, 4) is 5.75 Å². The van der Waals surface area contributed by atoms with Crippen LogP contribution in [0.2, 0.25) is 0 Å². The normalized spacial score (nSPS) is 11.4. The van der Waals surface area contributed by atoms with E-state index < -0.39 is 17.9 Å². The summed E-state index contributed by atoms with van der Waals surface area (Å²) in [5.74, 6) is -0.806. The van der Waals surface area contributed by atoms with Gasteiger partial charge in [-0.1, -0.05) is 5.21 Å². The molecule has 0 saturated carbocycles. The molecule has 0 saturated heterocycles. The lowest BCUT2D eigenvalue weighted by Gasteiger charge is -2.09. The van der Waals surface area contributed by atoms with Gasteiger partial charge in [0.1, 0.15) is 11.4 Å². The Morgan fingerprint density at radius 1 is 1.30 bits per heavy atom. The van der Waals surface area contributed by atoms with Crippen LogP contribution >= 0.6 is 15.9 Å². The zero-order valence-electron chi connectivity index (χ0n) is 9.98. The minimum Gasteiger partial charge on any atom is -0.406 e. The highest BCUT2D eigenvalue weighted by Crippen LogP contribution is 2.24. The van der Waals surface area contributed by atoms with Gasteiger partial charge < -0.3 is 4.74 Å². The van der Waals surface area contributed by atoms with Crippen LogP contribution in [0.25, 0.3) is 0 Å². The van der Waals surface area contributed by atoms with Crippen LogP contribution in [0.1, 0.15) is 16.1 Å². The van der Waals surface area contributed by atoms with Crippen molar-refractivity contribution in [3.63, 3.8) is 0 Å². The molecule has 2 aromatic rings. The Kier molecular flexibility index (Phi) is 3.80. The van der Waals surface area contributed by atoms with E-state index in [9.17, 15) is 18.0 Å². The third-order valence-electron chi connectivity index (χ3n) is 2.35. The van der Waals surface area contributed by atoms with Gasteiger partial charge in [0.05, 0.1) is 0 Å². The van der Waals surface area contributed by atoms with Crippen LogP contribution in [-0.4, -0.2) is 27.1 Å². The zero-order valence-corrected chi connectivity index (χ0v) is 11.6. The number of nitrogens with zero attached hydrogens (tertiary/aromatic N) is 3. The fourth-order valence-corrected chi connectivity index (χ4v) is 2.02. The number of ether oxygens (including phenoxy) is 1. The molecule has 0 N–H and O–H groups in total. The molecule has 0 radical (unpaired) electrons. The smallest absolute Gasteiger partial charge is 0.406 e. The van der Waals surface area contributed by atoms with Gasteiger partial charge in [-0.25, -0.2) is 4.68 Å². The molecule has 0 atom stereocenters. The Balaban J connectivity index is 2.25. The summed E-state index contributed by atoms with van der Waals surface area (Å²) in [4.78, 5) is 12.2. The second-order valence-corrected chi connectivity index (χ2v) is 4.50. The Morgan fingerprint density at radius 3 is 2.35 bits per heavy atom. The maximum atomic E-state index is 12.2. The number of aryl methyl sites for hydroxylation is 1. The van der Waals surface area contributed by atoms with E-state index in [-0.39, 0.29) is 15.9 Å². The summed E-state index contributed by atoms with van der Waals surface area (Å²) in [7, 11) is 1.53. The molecule has 0 spiro atoms. The molecule has 0 bridgehead atoms. The fourth-order valence-electron chi connectivity index (χ4n) is 1.52. The number of ketones is 1. The van der Waals surface area contributed by atoms with E-state index in [4.69, 9.17) is 0 Å². The van der Waals surface area contributed by atoms with E-state index in [1.807, 2.05) is 0 Å². The van der Waals surface area contributed by atoms with Crippen LogP contribution in [-0.2, 0) is 7.05 Å². The molecule has 20 heavy (non-hydrogen) atoms. The van der Waals surface area contributed by atoms with Crippen LogP contribution in [0.5, 0.6) is 5.75 Å². The van der Waals surface area contributed by atoms with Crippen molar-refractivity contribution in [2.24, 2.45) is 7.05 Å². The summed E-state index contributed by atoms with van der Waals surface area (Å²) in [5, 5.41) is 7.32. The number of hydrogen-bond acceptors (Lipinski definition) is 4. The van der Waals surface area contributed by atoms with Crippen LogP contribution in [0, 0.1) is 0 Å². The van der Waals surface area contributed by atoms with Crippen molar-refractivity contribution in [1.82, 2.24) is 15.0 Å². The lowest BCUT2D eigenvalue weighted by Crippen LogP contribution is -2.17. The van der Waals surface area contributed by atoms with Gasteiger partial charge in [-0.2, -0.15) is 0 Å². The van der Waals surface area contributed by atoms with Crippen molar-refractivity contribution < 1.29 is 22.7 Å². The summed E-state index contributed by atoms with van der Waals surface area (Å²) in [6, 6.07) is 4.61. The van der Waals surface area contributed by atoms with Gasteiger partial charge in [0.25, 0.3) is 0 Å². The second kappa shape index (κ2) is 5.23. The summed E-state index contributed by atoms with van der Waals surface area (Å²) in [5.41, 5.74) is 0.403. The molecule has 1 heterocycles. The molecule has 2 rings (SSSR count). The average Bonchev–Trinajstić information content (AvgIpc) is 2.67. The molecule has 1 aromatic carbocycles. The minimum absolute atomic E-state index is 0.200. The van der Waals surface area contributed by atoms with Crippen molar-refractivity contribution in [2.75, 3.05) is 0 Å². The second-order valence-electron chi connectivity index (χ2n) is 3.75. The lowest BCUT2D eigenvalue weighted by molar-refractivity contribution is -0.274. The molecular weight excluding hydrogens is 343 g/mol. The third kappa shape index (κ3) is 3.16. The van der Waals surface area contributed by atoms with Crippen LogP contribution in [0.15, 0.2) is 28.9 Å². The molecule has 0 aliphatic heterocycles. The van der Waals surface area contributed by atoms with E-state index in [0.717, 1.165) is 12.1 Å². The molecule has 0 amide bonds. The first-order valence-corrected chi connectivity index (χ1v) is 6.03. The predicted molar refractivity (Wildman–Crippen MR) is 65.3 cm³/mol. The first-order chi connectivity index (χ1) is 9.28. The lowest BCUT2D eigenvalue weighted by atomic mass is 10.1. The largest absolute Gasteiger partial charge is 0.573 e. The molecule has 0 unspecified atom stereocenters. The van der Waals surface area contributed by atoms with Crippen molar-refractivity contribution >= 4 is 21.7 Å². The van der Waals surface area contributed by atoms with Crippen LogP contribution in [0.3, 0.4) is 0 Å². The molecule has 1 aromatic heterocycles. The Morgan fingerprint density at radius 2 is 1.90 bits per heavy atom. The number of benzene rings is 1. The van der Waals surface area contributed by atoms with Crippen molar-refractivity contribution in [2.45, 2.75) is 6.36 Å². The van der Waals surface area contributed by atoms with Gasteiger partial charge in [0, 0.05) is 12.6 Å². The summed E-state index contributed by atoms with van der Waals surface area (Å²) >= 11 is 3.08. The summed E-state index contributed by atoms with van der Waals surface area (Å²) in [6.07, 6.45) is -4.76. The quantitative estimate of drug-likeness (QED) is 0.799. The van der Waals surface area contributed by atoms with E-state index in [0.29, 0.717) is 0 Å². The predicted octanol–water partition coefficient (Wildman–Crippen LogP) is 2.71. The van der Waals surface area contributed by atoms with E-state index in [2.05, 4.69) is 31.0 Å². The molecule has 5 nitrogen and oxygen atoms in total. The average molecular weight is 350 g/mol. The highest BCUT2D eigenvalue weighted by Gasteiger charge is 2.31. The van der Waals surface area contributed by atoms with Gasteiger partial charge in [-0.3, -0.25) is 4.79 Å². The van der Waals surface area contributed by atoms with Crippen molar-refractivity contribution in [1.29, 1.82) is 0 Å². The highest BCUT2D eigenvalue weighted by molar-refractivity contribution is 9.10.